The standard InChI is InChI=1S/C24H26N4O3S/c1-26(2)32(29,30)23-15-14-22(31-23)18-27(3)16-20-17-28(21-12-8-5-9-13-21)25-24(20)19-10-6-4-7-11-19/h4-15,17H,16,18H2,1-3H3. The van der Waals surface area contributed by atoms with E-state index in [9.17, 15) is 8.42 Å². The highest BCUT2D eigenvalue weighted by Gasteiger charge is 2.22. The monoisotopic (exact) mass is 450 g/mol. The molecule has 0 aliphatic rings. The van der Waals surface area contributed by atoms with Crippen LogP contribution in [0.15, 0.2) is 88.5 Å². The minimum atomic E-state index is -3.59. The molecule has 0 unspecified atom stereocenters. The SMILES string of the molecule is CN(Cc1ccc(S(=O)(=O)N(C)C)o1)Cc1cn(-c2ccccc2)nc1-c1ccccc1. The maximum absolute atomic E-state index is 12.3. The van der Waals surface area contributed by atoms with Crippen LogP contribution in [0.4, 0.5) is 0 Å². The highest BCUT2D eigenvalue weighted by atomic mass is 32.2. The fourth-order valence-corrected chi connectivity index (χ4v) is 4.26. The van der Waals surface area contributed by atoms with Crippen molar-refractivity contribution >= 4 is 10.0 Å². The maximum Gasteiger partial charge on any atom is 0.275 e. The third kappa shape index (κ3) is 4.67. The number of para-hydroxylation sites is 1. The number of rotatable bonds is 8. The van der Waals surface area contributed by atoms with E-state index in [0.29, 0.717) is 18.8 Å². The number of aromatic nitrogens is 2. The van der Waals surface area contributed by atoms with Crippen LogP contribution in [0.2, 0.25) is 0 Å². The molecule has 4 aromatic rings. The van der Waals surface area contributed by atoms with Gasteiger partial charge in [0.2, 0.25) is 5.09 Å². The largest absolute Gasteiger partial charge is 0.447 e. The molecule has 0 aliphatic heterocycles. The Hall–Kier alpha value is -3.20. The zero-order valence-electron chi connectivity index (χ0n) is 18.3. The summed E-state index contributed by atoms with van der Waals surface area (Å²) in [5.74, 6) is 0.588. The average Bonchev–Trinajstić information content (AvgIpc) is 3.42. The molecule has 0 radical (unpaired) electrons. The summed E-state index contributed by atoms with van der Waals surface area (Å²) in [6, 6.07) is 23.3. The summed E-state index contributed by atoms with van der Waals surface area (Å²) in [4.78, 5) is 2.07. The number of nitrogens with zero attached hydrogens (tertiary/aromatic N) is 4. The maximum atomic E-state index is 12.3. The number of sulfonamides is 1. The van der Waals surface area contributed by atoms with Gasteiger partial charge in [-0.25, -0.2) is 17.4 Å². The summed E-state index contributed by atoms with van der Waals surface area (Å²) >= 11 is 0. The predicted octanol–water partition coefficient (Wildman–Crippen LogP) is 4.01. The summed E-state index contributed by atoms with van der Waals surface area (Å²) < 4.78 is 33.2. The van der Waals surface area contributed by atoms with Crippen molar-refractivity contribution in [3.05, 3.63) is 90.3 Å². The van der Waals surface area contributed by atoms with Crippen LogP contribution in [0.25, 0.3) is 16.9 Å². The van der Waals surface area contributed by atoms with Gasteiger partial charge in [0.15, 0.2) is 0 Å². The Bertz CT molecular complexity index is 1280. The van der Waals surface area contributed by atoms with Gasteiger partial charge < -0.3 is 4.42 Å². The molecular formula is C24H26N4O3S. The number of furan rings is 1. The van der Waals surface area contributed by atoms with Gasteiger partial charge in [-0.05, 0) is 31.3 Å². The molecule has 166 valence electrons. The van der Waals surface area contributed by atoms with Gasteiger partial charge in [0.25, 0.3) is 10.0 Å². The Balaban J connectivity index is 1.58. The molecule has 0 saturated heterocycles. The first-order valence-corrected chi connectivity index (χ1v) is 11.7. The van der Waals surface area contributed by atoms with Crippen molar-refractivity contribution in [2.45, 2.75) is 18.2 Å². The minimum Gasteiger partial charge on any atom is -0.447 e. The highest BCUT2D eigenvalue weighted by Crippen LogP contribution is 2.25. The predicted molar refractivity (Wildman–Crippen MR) is 124 cm³/mol. The Kier molecular flexibility index (Phi) is 6.27. The third-order valence-electron chi connectivity index (χ3n) is 5.10. The second-order valence-corrected chi connectivity index (χ2v) is 9.91. The summed E-state index contributed by atoms with van der Waals surface area (Å²) in [6.45, 7) is 1.08. The first kappa shape index (κ1) is 22.0. The van der Waals surface area contributed by atoms with Gasteiger partial charge in [-0.15, -0.1) is 0 Å². The van der Waals surface area contributed by atoms with Crippen molar-refractivity contribution in [3.63, 3.8) is 0 Å². The van der Waals surface area contributed by atoms with E-state index in [1.54, 1.807) is 6.07 Å². The third-order valence-corrected chi connectivity index (χ3v) is 6.79. The van der Waals surface area contributed by atoms with Gasteiger partial charge in [-0.3, -0.25) is 4.90 Å². The molecule has 2 aromatic heterocycles. The smallest absolute Gasteiger partial charge is 0.275 e. The fraction of sp³-hybridized carbons (Fsp3) is 0.208. The van der Waals surface area contributed by atoms with E-state index in [1.165, 1.54) is 20.2 Å². The fourth-order valence-electron chi connectivity index (χ4n) is 3.45. The van der Waals surface area contributed by atoms with Crippen molar-refractivity contribution < 1.29 is 12.8 Å². The summed E-state index contributed by atoms with van der Waals surface area (Å²) in [6.07, 6.45) is 2.04. The van der Waals surface area contributed by atoms with Crippen LogP contribution in [0.1, 0.15) is 11.3 Å². The molecule has 0 fully saturated rings. The first-order valence-electron chi connectivity index (χ1n) is 10.2. The molecule has 0 N–H and O–H groups in total. The number of hydrogen-bond donors (Lipinski definition) is 0. The van der Waals surface area contributed by atoms with Crippen molar-refractivity contribution in [3.8, 4) is 16.9 Å². The molecular weight excluding hydrogens is 424 g/mol. The molecule has 32 heavy (non-hydrogen) atoms. The molecule has 0 atom stereocenters. The molecule has 0 spiro atoms. The molecule has 7 nitrogen and oxygen atoms in total. The minimum absolute atomic E-state index is 0.0484. The Morgan fingerprint density at radius 2 is 1.53 bits per heavy atom. The Labute approximate surface area is 188 Å². The molecule has 0 aliphatic carbocycles. The quantitative estimate of drug-likeness (QED) is 0.406. The van der Waals surface area contributed by atoms with Crippen LogP contribution in [0.5, 0.6) is 0 Å². The van der Waals surface area contributed by atoms with Gasteiger partial charge in [0.1, 0.15) is 5.76 Å². The van der Waals surface area contributed by atoms with Gasteiger partial charge in [-0.2, -0.15) is 5.10 Å². The Morgan fingerprint density at radius 3 is 2.19 bits per heavy atom. The van der Waals surface area contributed by atoms with E-state index in [1.807, 2.05) is 78.6 Å². The van der Waals surface area contributed by atoms with Crippen LogP contribution in [-0.4, -0.2) is 48.5 Å². The molecule has 8 heteroatoms. The molecule has 0 saturated carbocycles. The van der Waals surface area contributed by atoms with E-state index in [4.69, 9.17) is 9.52 Å². The molecule has 0 bridgehead atoms. The lowest BCUT2D eigenvalue weighted by atomic mass is 10.1. The Morgan fingerprint density at radius 1 is 0.875 bits per heavy atom. The van der Waals surface area contributed by atoms with E-state index in [0.717, 1.165) is 26.8 Å². The lowest BCUT2D eigenvalue weighted by Crippen LogP contribution is -2.21. The van der Waals surface area contributed by atoms with Crippen LogP contribution < -0.4 is 0 Å². The van der Waals surface area contributed by atoms with Gasteiger partial charge in [0.05, 0.1) is 17.9 Å². The average molecular weight is 451 g/mol. The lowest BCUT2D eigenvalue weighted by Gasteiger charge is -2.15. The first-order chi connectivity index (χ1) is 15.3. The van der Waals surface area contributed by atoms with E-state index < -0.39 is 10.0 Å². The van der Waals surface area contributed by atoms with Crippen LogP contribution in [-0.2, 0) is 23.1 Å². The second-order valence-electron chi connectivity index (χ2n) is 7.83. The van der Waals surface area contributed by atoms with Crippen LogP contribution >= 0.6 is 0 Å². The second kappa shape index (κ2) is 9.12. The van der Waals surface area contributed by atoms with Gasteiger partial charge in [0, 0.05) is 38.0 Å². The zero-order valence-corrected chi connectivity index (χ0v) is 19.2. The summed E-state index contributed by atoms with van der Waals surface area (Å²) in [5.41, 5.74) is 4.01. The molecule has 2 aromatic carbocycles. The summed E-state index contributed by atoms with van der Waals surface area (Å²) in [7, 11) is 1.35. The van der Waals surface area contributed by atoms with Crippen molar-refractivity contribution in [2.75, 3.05) is 21.1 Å². The zero-order chi connectivity index (χ0) is 22.7. The molecule has 2 heterocycles. The summed E-state index contributed by atoms with van der Waals surface area (Å²) in [5, 5.41) is 4.80. The van der Waals surface area contributed by atoms with E-state index in [-0.39, 0.29) is 5.09 Å². The van der Waals surface area contributed by atoms with Crippen LogP contribution in [0, 0.1) is 0 Å². The van der Waals surface area contributed by atoms with Crippen LogP contribution in [0.3, 0.4) is 0 Å². The molecule has 4 rings (SSSR count). The molecule has 0 amide bonds. The topological polar surface area (TPSA) is 71.6 Å². The number of hydrogen-bond acceptors (Lipinski definition) is 5. The lowest BCUT2D eigenvalue weighted by molar-refractivity contribution is 0.274. The van der Waals surface area contributed by atoms with Crippen molar-refractivity contribution in [1.82, 2.24) is 19.0 Å². The highest BCUT2D eigenvalue weighted by molar-refractivity contribution is 7.88. The van der Waals surface area contributed by atoms with Gasteiger partial charge >= 0.3 is 0 Å². The van der Waals surface area contributed by atoms with Crippen molar-refractivity contribution in [2.24, 2.45) is 0 Å². The van der Waals surface area contributed by atoms with E-state index >= 15 is 0 Å². The van der Waals surface area contributed by atoms with Gasteiger partial charge in [-0.1, -0.05) is 48.5 Å². The number of benzene rings is 2. The normalized spacial score (nSPS) is 12.0. The van der Waals surface area contributed by atoms with E-state index in [2.05, 4.69) is 4.90 Å². The van der Waals surface area contributed by atoms with Crippen molar-refractivity contribution in [1.29, 1.82) is 0 Å².